The molecule has 2 rings (SSSR count). The summed E-state index contributed by atoms with van der Waals surface area (Å²) < 4.78 is 10.9. The van der Waals surface area contributed by atoms with E-state index in [-0.39, 0.29) is 17.6 Å². The number of carbonyl (C=O) groups is 1. The number of furan rings is 1. The number of aliphatic hydroxyl groups excluding tert-OH is 1. The fraction of sp³-hybridized carbons (Fsp3) is 0.333. The molecule has 1 aromatic carbocycles. The number of carbonyl (C=O) groups excluding carboxylic acids is 1. The van der Waals surface area contributed by atoms with Crippen molar-refractivity contribution in [3.8, 4) is 17.1 Å². The first-order chi connectivity index (χ1) is 12.1. The van der Waals surface area contributed by atoms with Gasteiger partial charge in [-0.25, -0.2) is 0 Å². The van der Waals surface area contributed by atoms with Crippen LogP contribution in [0, 0.1) is 0 Å². The second-order valence-electron chi connectivity index (χ2n) is 5.44. The van der Waals surface area contributed by atoms with Crippen LogP contribution in [0.5, 0.6) is 5.75 Å². The van der Waals surface area contributed by atoms with Crippen LogP contribution in [-0.2, 0) is 11.4 Å². The zero-order valence-electron chi connectivity index (χ0n) is 14.3. The number of rotatable bonds is 7. The molecule has 25 heavy (non-hydrogen) atoms. The minimum atomic E-state index is -0.172. The zero-order valence-corrected chi connectivity index (χ0v) is 15.1. The highest BCUT2D eigenvalue weighted by molar-refractivity contribution is 7.80. The highest BCUT2D eigenvalue weighted by atomic mass is 32.1. The van der Waals surface area contributed by atoms with E-state index in [1.807, 2.05) is 13.0 Å². The van der Waals surface area contributed by atoms with E-state index in [0.29, 0.717) is 34.9 Å². The predicted molar refractivity (Wildman–Crippen MR) is 101 cm³/mol. The third-order valence-corrected chi connectivity index (χ3v) is 3.75. The topological polar surface area (TPSA) is 83.7 Å². The second-order valence-corrected chi connectivity index (χ2v) is 5.85. The molecule has 2 aromatic rings. The molecule has 6 nitrogen and oxygen atoms in total. The maximum atomic E-state index is 11.7. The number of hydrogen-bond acceptors (Lipinski definition) is 5. The first kappa shape index (κ1) is 19.0. The Balaban J connectivity index is 2.13. The Morgan fingerprint density at radius 3 is 2.76 bits per heavy atom. The molecule has 0 saturated carbocycles. The van der Waals surface area contributed by atoms with Crippen molar-refractivity contribution in [2.75, 3.05) is 12.4 Å². The number of aliphatic hydroxyl groups is 1. The molecular formula is C18H22N2O4S. The van der Waals surface area contributed by atoms with E-state index in [9.17, 15) is 4.79 Å². The molecule has 1 aromatic heterocycles. The Morgan fingerprint density at radius 1 is 1.32 bits per heavy atom. The summed E-state index contributed by atoms with van der Waals surface area (Å²) in [5.74, 6) is 1.56. The van der Waals surface area contributed by atoms with Crippen molar-refractivity contribution in [2.24, 2.45) is 0 Å². The second kappa shape index (κ2) is 9.19. The van der Waals surface area contributed by atoms with Gasteiger partial charge in [0.15, 0.2) is 5.11 Å². The third-order valence-electron chi connectivity index (χ3n) is 3.55. The van der Waals surface area contributed by atoms with Gasteiger partial charge in [0.25, 0.3) is 0 Å². The van der Waals surface area contributed by atoms with Crippen molar-refractivity contribution in [1.29, 1.82) is 0 Å². The third kappa shape index (κ3) is 5.30. The van der Waals surface area contributed by atoms with Crippen LogP contribution < -0.4 is 15.4 Å². The Kier molecular flexibility index (Phi) is 6.97. The van der Waals surface area contributed by atoms with Gasteiger partial charge in [0.1, 0.15) is 23.9 Å². The molecule has 0 bridgehead atoms. The Bertz CT molecular complexity index is 742. The molecule has 1 amide bonds. The molecule has 7 heteroatoms. The van der Waals surface area contributed by atoms with E-state index < -0.39 is 0 Å². The number of unbranched alkanes of at least 4 members (excludes halogenated alkanes) is 1. The quantitative estimate of drug-likeness (QED) is 0.654. The van der Waals surface area contributed by atoms with E-state index in [2.05, 4.69) is 10.6 Å². The minimum absolute atomic E-state index is 0.105. The van der Waals surface area contributed by atoms with Crippen LogP contribution in [0.2, 0.25) is 0 Å². The number of anilines is 1. The first-order valence-corrected chi connectivity index (χ1v) is 8.47. The summed E-state index contributed by atoms with van der Waals surface area (Å²) in [5, 5.41) is 15.0. The van der Waals surface area contributed by atoms with E-state index in [1.165, 1.54) is 0 Å². The van der Waals surface area contributed by atoms with Gasteiger partial charge in [-0.15, -0.1) is 0 Å². The summed E-state index contributed by atoms with van der Waals surface area (Å²) in [6, 6.07) is 8.85. The van der Waals surface area contributed by atoms with Crippen LogP contribution in [0.15, 0.2) is 34.7 Å². The number of benzene rings is 1. The van der Waals surface area contributed by atoms with Gasteiger partial charge in [0.05, 0.1) is 12.7 Å². The molecule has 0 radical (unpaired) electrons. The zero-order chi connectivity index (χ0) is 18.2. The average Bonchev–Trinajstić information content (AvgIpc) is 3.08. The maximum Gasteiger partial charge on any atom is 0.226 e. The van der Waals surface area contributed by atoms with Crippen molar-refractivity contribution < 1.29 is 19.1 Å². The molecule has 0 fully saturated rings. The maximum absolute atomic E-state index is 11.7. The monoisotopic (exact) mass is 362 g/mol. The molecule has 0 unspecified atom stereocenters. The highest BCUT2D eigenvalue weighted by Gasteiger charge is 2.12. The molecule has 0 aliphatic carbocycles. The van der Waals surface area contributed by atoms with Gasteiger partial charge in [-0.1, -0.05) is 13.3 Å². The number of nitrogens with one attached hydrogen (secondary N) is 2. The van der Waals surface area contributed by atoms with Crippen molar-refractivity contribution in [3.63, 3.8) is 0 Å². The first-order valence-electron chi connectivity index (χ1n) is 8.06. The summed E-state index contributed by atoms with van der Waals surface area (Å²) in [6.45, 7) is 1.85. The predicted octanol–water partition coefficient (Wildman–Crippen LogP) is 3.45. The molecule has 3 N–H and O–H groups in total. The number of hydrogen-bond donors (Lipinski definition) is 3. The molecular weight excluding hydrogens is 340 g/mol. The van der Waals surface area contributed by atoms with Gasteiger partial charge in [0.2, 0.25) is 5.91 Å². The fourth-order valence-electron chi connectivity index (χ4n) is 2.27. The van der Waals surface area contributed by atoms with E-state index in [1.54, 1.807) is 31.4 Å². The Hall–Kier alpha value is -2.38. The molecule has 0 aliphatic rings. The number of thiocarbonyl (C=S) groups is 1. The molecule has 1 heterocycles. The lowest BCUT2D eigenvalue weighted by Gasteiger charge is -2.12. The molecule has 0 atom stereocenters. The van der Waals surface area contributed by atoms with E-state index in [0.717, 1.165) is 12.8 Å². The normalized spacial score (nSPS) is 10.4. The van der Waals surface area contributed by atoms with Crippen LogP contribution in [0.1, 0.15) is 31.9 Å². The standard InChI is InChI=1S/C18H22N2O4S/c1-3-4-5-17(22)20-18(25)19-12-6-8-15(23-2)14(10-12)16-9-7-13(11-21)24-16/h6-10,21H,3-5,11H2,1-2H3,(H2,19,20,22,25). The van der Waals surface area contributed by atoms with Crippen LogP contribution in [0.4, 0.5) is 5.69 Å². The van der Waals surface area contributed by atoms with Crippen LogP contribution in [0.3, 0.4) is 0 Å². The minimum Gasteiger partial charge on any atom is -0.496 e. The molecule has 0 aliphatic heterocycles. The van der Waals surface area contributed by atoms with E-state index in [4.69, 9.17) is 26.5 Å². The van der Waals surface area contributed by atoms with Gasteiger partial charge in [-0.05, 0) is 49.0 Å². The lowest BCUT2D eigenvalue weighted by atomic mass is 10.1. The van der Waals surface area contributed by atoms with Crippen LogP contribution in [0.25, 0.3) is 11.3 Å². The summed E-state index contributed by atoms with van der Waals surface area (Å²) in [7, 11) is 1.57. The summed E-state index contributed by atoms with van der Waals surface area (Å²) in [4.78, 5) is 11.7. The van der Waals surface area contributed by atoms with Gasteiger partial charge >= 0.3 is 0 Å². The van der Waals surface area contributed by atoms with Crippen molar-refractivity contribution in [1.82, 2.24) is 5.32 Å². The lowest BCUT2D eigenvalue weighted by Crippen LogP contribution is -2.33. The summed E-state index contributed by atoms with van der Waals surface area (Å²) >= 11 is 5.18. The van der Waals surface area contributed by atoms with E-state index >= 15 is 0 Å². The van der Waals surface area contributed by atoms with Crippen molar-refractivity contribution in [3.05, 3.63) is 36.1 Å². The fourth-order valence-corrected chi connectivity index (χ4v) is 2.51. The van der Waals surface area contributed by atoms with Gasteiger partial charge < -0.3 is 24.9 Å². The highest BCUT2D eigenvalue weighted by Crippen LogP contribution is 2.33. The van der Waals surface area contributed by atoms with Gasteiger partial charge in [-0.2, -0.15) is 0 Å². The molecule has 134 valence electrons. The van der Waals surface area contributed by atoms with Crippen LogP contribution in [-0.4, -0.2) is 23.2 Å². The number of ether oxygens (including phenoxy) is 1. The summed E-state index contributed by atoms with van der Waals surface area (Å²) in [5.41, 5.74) is 1.41. The number of methoxy groups -OCH3 is 1. The van der Waals surface area contributed by atoms with Crippen molar-refractivity contribution in [2.45, 2.75) is 32.8 Å². The van der Waals surface area contributed by atoms with Crippen LogP contribution >= 0.6 is 12.2 Å². The smallest absolute Gasteiger partial charge is 0.226 e. The average molecular weight is 362 g/mol. The SMILES string of the molecule is CCCCC(=O)NC(=S)Nc1ccc(OC)c(-c2ccc(CO)o2)c1. The largest absolute Gasteiger partial charge is 0.496 e. The number of amides is 1. The Labute approximate surface area is 152 Å². The van der Waals surface area contributed by atoms with Gasteiger partial charge in [-0.3, -0.25) is 4.79 Å². The molecule has 0 spiro atoms. The van der Waals surface area contributed by atoms with Gasteiger partial charge in [0, 0.05) is 12.1 Å². The molecule has 0 saturated heterocycles. The lowest BCUT2D eigenvalue weighted by molar-refractivity contribution is -0.119. The summed E-state index contributed by atoms with van der Waals surface area (Å²) in [6.07, 6.45) is 2.23. The van der Waals surface area contributed by atoms with Crippen molar-refractivity contribution >= 4 is 28.9 Å². The Morgan fingerprint density at radius 2 is 2.12 bits per heavy atom.